The van der Waals surface area contributed by atoms with E-state index in [2.05, 4.69) is 13.2 Å². The van der Waals surface area contributed by atoms with Gasteiger partial charge >= 0.3 is 5.97 Å². The summed E-state index contributed by atoms with van der Waals surface area (Å²) in [6, 6.07) is 5.57. The van der Waals surface area contributed by atoms with Crippen molar-refractivity contribution in [2.75, 3.05) is 24.7 Å². The Hall–Kier alpha value is -2.29. The normalized spacial score (nSPS) is 29.8. The smallest absolute Gasteiger partial charge is 0.311 e. The predicted molar refractivity (Wildman–Crippen MR) is 156 cm³/mol. The number of hydrogen-bond acceptors (Lipinski definition) is 6. The van der Waals surface area contributed by atoms with E-state index >= 15 is 0 Å². The molecule has 2 unspecified atom stereocenters. The molecule has 2 amide bonds. The number of allylic oxidation sites excluding steroid dienone is 1. The maximum absolute atomic E-state index is 14.6. The number of likely N-dealkylation sites (tertiary alicyclic amines) is 1. The van der Waals surface area contributed by atoms with E-state index in [-0.39, 0.29) is 43.5 Å². The van der Waals surface area contributed by atoms with Crippen molar-refractivity contribution in [1.82, 2.24) is 4.90 Å². The van der Waals surface area contributed by atoms with Crippen LogP contribution in [0, 0.1) is 17.8 Å². The Morgan fingerprint density at radius 3 is 2.54 bits per heavy atom. The molecule has 3 fully saturated rings. The van der Waals surface area contributed by atoms with Gasteiger partial charge in [0.15, 0.2) is 0 Å². The lowest BCUT2D eigenvalue weighted by Gasteiger charge is -2.40. The highest BCUT2D eigenvalue weighted by molar-refractivity contribution is 8.02. The molecule has 39 heavy (non-hydrogen) atoms. The lowest BCUT2D eigenvalue weighted by Crippen LogP contribution is -2.58. The highest BCUT2D eigenvalue weighted by atomic mass is 35.5. The summed E-state index contributed by atoms with van der Waals surface area (Å²) in [5.74, 6) is -2.35. The minimum Gasteiger partial charge on any atom is -0.465 e. The molecule has 3 aliphatic rings. The summed E-state index contributed by atoms with van der Waals surface area (Å²) in [4.78, 5) is 45.7. The maximum atomic E-state index is 14.6. The Morgan fingerprint density at radius 1 is 1.26 bits per heavy atom. The lowest BCUT2D eigenvalue weighted by atomic mass is 9.66. The van der Waals surface area contributed by atoms with Gasteiger partial charge in [0.05, 0.1) is 35.8 Å². The first-order valence-electron chi connectivity index (χ1n) is 13.6. The molecule has 2 bridgehead atoms. The van der Waals surface area contributed by atoms with Gasteiger partial charge in [0.1, 0.15) is 6.04 Å². The molecule has 3 aliphatic heterocycles. The van der Waals surface area contributed by atoms with Crippen molar-refractivity contribution in [3.8, 4) is 0 Å². The Morgan fingerprint density at radius 2 is 1.95 bits per heavy atom. The average molecular weight is 575 g/mol. The summed E-state index contributed by atoms with van der Waals surface area (Å²) < 4.78 is 4.37. The van der Waals surface area contributed by atoms with E-state index in [0.717, 1.165) is 6.42 Å². The molecule has 3 saturated heterocycles. The molecule has 0 radical (unpaired) electrons. The first-order chi connectivity index (χ1) is 18.6. The SMILES string of the molecule is C=CCCCOC(=O)[C@@H]1[C@H]2C(=O)N([C@@H](CO)C(C)C)C(C(=O)N(CC=C)c3ccc(Cl)cc3)C23CC[C@@]1(C)S3. The number of halogens is 1. The number of carbonyl (C=O) groups is 3. The third kappa shape index (κ3) is 5.04. The minimum atomic E-state index is -0.851. The quantitative estimate of drug-likeness (QED) is 0.218. The molecule has 0 saturated carbocycles. The monoisotopic (exact) mass is 574 g/mol. The van der Waals surface area contributed by atoms with E-state index in [0.29, 0.717) is 30.0 Å². The number of aliphatic hydroxyl groups excluding tert-OH is 1. The number of aliphatic hydroxyl groups is 1. The molecular weight excluding hydrogens is 536 g/mol. The van der Waals surface area contributed by atoms with Gasteiger partial charge in [-0.1, -0.05) is 37.6 Å². The van der Waals surface area contributed by atoms with Gasteiger partial charge in [-0.2, -0.15) is 0 Å². The minimum absolute atomic E-state index is 0.102. The average Bonchev–Trinajstić information content (AvgIpc) is 3.47. The largest absolute Gasteiger partial charge is 0.465 e. The molecule has 1 aromatic carbocycles. The van der Waals surface area contributed by atoms with E-state index in [1.165, 1.54) is 0 Å². The maximum Gasteiger partial charge on any atom is 0.311 e. The Bertz CT molecular complexity index is 1130. The first kappa shape index (κ1) is 29.7. The molecule has 1 spiro atoms. The van der Waals surface area contributed by atoms with Gasteiger partial charge in [0.25, 0.3) is 5.91 Å². The molecule has 4 rings (SSSR count). The molecule has 0 aliphatic carbocycles. The van der Waals surface area contributed by atoms with Crippen LogP contribution in [0.3, 0.4) is 0 Å². The fraction of sp³-hybridized carbons (Fsp3) is 0.567. The van der Waals surface area contributed by atoms with E-state index < -0.39 is 33.4 Å². The van der Waals surface area contributed by atoms with Crippen LogP contribution in [0.2, 0.25) is 5.02 Å². The van der Waals surface area contributed by atoms with Crippen LogP contribution >= 0.6 is 23.4 Å². The number of carbonyl (C=O) groups excluding carboxylic acids is 3. The first-order valence-corrected chi connectivity index (χ1v) is 14.8. The van der Waals surface area contributed by atoms with Crippen molar-refractivity contribution < 1.29 is 24.2 Å². The van der Waals surface area contributed by atoms with Crippen LogP contribution in [-0.2, 0) is 19.1 Å². The number of ether oxygens (including phenoxy) is 1. The summed E-state index contributed by atoms with van der Waals surface area (Å²) in [6.07, 6.45) is 6.15. The second-order valence-electron chi connectivity index (χ2n) is 11.3. The number of thioether (sulfide) groups is 1. The van der Waals surface area contributed by atoms with Gasteiger partial charge in [0.2, 0.25) is 5.91 Å². The third-order valence-electron chi connectivity index (χ3n) is 8.53. The van der Waals surface area contributed by atoms with Crippen molar-refractivity contribution in [2.24, 2.45) is 17.8 Å². The van der Waals surface area contributed by atoms with Crippen LogP contribution in [-0.4, -0.2) is 69.1 Å². The number of amides is 2. The van der Waals surface area contributed by atoms with Crippen molar-refractivity contribution >= 4 is 46.8 Å². The fourth-order valence-corrected chi connectivity index (χ4v) is 9.14. The third-order valence-corrected chi connectivity index (χ3v) is 10.8. The van der Waals surface area contributed by atoms with Crippen LogP contribution in [0.25, 0.3) is 0 Å². The molecule has 6 atom stereocenters. The van der Waals surface area contributed by atoms with E-state index in [4.69, 9.17) is 16.3 Å². The zero-order valence-electron chi connectivity index (χ0n) is 23.0. The van der Waals surface area contributed by atoms with Gasteiger partial charge in [-0.15, -0.1) is 24.9 Å². The van der Waals surface area contributed by atoms with E-state index in [9.17, 15) is 19.5 Å². The number of benzene rings is 1. The number of esters is 1. The number of fused-ring (bicyclic) bond motifs is 1. The highest BCUT2D eigenvalue weighted by Crippen LogP contribution is 2.72. The zero-order valence-corrected chi connectivity index (χ0v) is 24.5. The molecular formula is C30H39ClN2O5S. The summed E-state index contributed by atoms with van der Waals surface area (Å²) >= 11 is 7.71. The van der Waals surface area contributed by atoms with Gasteiger partial charge in [-0.3, -0.25) is 14.4 Å². The summed E-state index contributed by atoms with van der Waals surface area (Å²) in [7, 11) is 0. The Labute approximate surface area is 240 Å². The van der Waals surface area contributed by atoms with Crippen molar-refractivity contribution in [3.63, 3.8) is 0 Å². The van der Waals surface area contributed by atoms with Crippen LogP contribution < -0.4 is 4.90 Å². The van der Waals surface area contributed by atoms with Crippen molar-refractivity contribution in [2.45, 2.75) is 68.0 Å². The molecule has 1 N–H and O–H groups in total. The van der Waals surface area contributed by atoms with Gasteiger partial charge in [-0.25, -0.2) is 0 Å². The van der Waals surface area contributed by atoms with Crippen LogP contribution in [0.1, 0.15) is 46.5 Å². The Balaban J connectivity index is 1.79. The number of nitrogens with zero attached hydrogens (tertiary/aromatic N) is 2. The van der Waals surface area contributed by atoms with E-state index in [1.807, 2.05) is 20.8 Å². The Kier molecular flexibility index (Phi) is 8.89. The second-order valence-corrected chi connectivity index (χ2v) is 13.6. The molecule has 212 valence electrons. The van der Waals surface area contributed by atoms with Crippen LogP contribution in [0.5, 0.6) is 0 Å². The number of anilines is 1. The predicted octanol–water partition coefficient (Wildman–Crippen LogP) is 4.87. The fourth-order valence-electron chi connectivity index (χ4n) is 6.69. The summed E-state index contributed by atoms with van der Waals surface area (Å²) in [6.45, 7) is 13.7. The summed E-state index contributed by atoms with van der Waals surface area (Å²) in [5, 5.41) is 11.0. The van der Waals surface area contributed by atoms with Gasteiger partial charge in [-0.05, 0) is 62.8 Å². The standard InChI is InChI=1S/C30H39ClN2O5S/c1-6-8-9-17-38-28(37)24-23-26(35)33(22(18-34)19(3)4)25(30(23)15-14-29(24,5)39-30)27(36)32(16-7-2)21-12-10-20(31)11-13-21/h6-7,10-13,19,22-25,34H,1-2,8-9,14-18H2,3-5H3/t22-,23-,24-,25?,29+,30?/m0/s1. The summed E-state index contributed by atoms with van der Waals surface area (Å²) in [5.41, 5.74) is 0.642. The molecule has 0 aromatic heterocycles. The lowest BCUT2D eigenvalue weighted by molar-refractivity contribution is -0.156. The number of rotatable bonds is 12. The van der Waals surface area contributed by atoms with Crippen molar-refractivity contribution in [3.05, 3.63) is 54.6 Å². The van der Waals surface area contributed by atoms with Gasteiger partial charge < -0.3 is 19.6 Å². The second kappa shape index (κ2) is 11.7. The topological polar surface area (TPSA) is 87.1 Å². The van der Waals surface area contributed by atoms with Crippen molar-refractivity contribution in [1.29, 1.82) is 0 Å². The van der Waals surface area contributed by atoms with Crippen LogP contribution in [0.15, 0.2) is 49.6 Å². The number of hydrogen-bond donors (Lipinski definition) is 1. The zero-order chi connectivity index (χ0) is 28.5. The highest BCUT2D eigenvalue weighted by Gasteiger charge is 2.78. The molecule has 1 aromatic rings. The molecule has 9 heteroatoms. The van der Waals surface area contributed by atoms with Crippen LogP contribution in [0.4, 0.5) is 5.69 Å². The molecule has 7 nitrogen and oxygen atoms in total. The van der Waals surface area contributed by atoms with E-state index in [1.54, 1.807) is 58.0 Å². The van der Waals surface area contributed by atoms with Gasteiger partial charge in [0, 0.05) is 22.0 Å². The molecule has 3 heterocycles. The number of unbranched alkanes of at least 4 members (excludes halogenated alkanes) is 1.